The first-order chi connectivity index (χ1) is 11.1. The van der Waals surface area contributed by atoms with Gasteiger partial charge in [-0.15, -0.1) is 0 Å². The Hall–Kier alpha value is -2.34. The summed E-state index contributed by atoms with van der Waals surface area (Å²) in [4.78, 5) is 0.322. The summed E-state index contributed by atoms with van der Waals surface area (Å²) >= 11 is 0. The highest BCUT2D eigenvalue weighted by Crippen LogP contribution is 2.26. The summed E-state index contributed by atoms with van der Waals surface area (Å²) in [6.45, 7) is 0. The number of fused-ring (bicyclic) bond motifs is 2. The van der Waals surface area contributed by atoms with Crippen molar-refractivity contribution in [2.75, 3.05) is 4.72 Å². The Kier molecular flexibility index (Phi) is 3.34. The first-order valence-corrected chi connectivity index (χ1v) is 9.18. The van der Waals surface area contributed by atoms with Crippen LogP contribution in [0.1, 0.15) is 24.0 Å². The number of aromatic nitrogens is 2. The van der Waals surface area contributed by atoms with Crippen LogP contribution in [0.3, 0.4) is 0 Å². The quantitative estimate of drug-likeness (QED) is 0.775. The molecule has 0 saturated heterocycles. The third kappa shape index (κ3) is 2.70. The van der Waals surface area contributed by atoms with E-state index >= 15 is 0 Å². The van der Waals surface area contributed by atoms with E-state index in [0.29, 0.717) is 10.6 Å². The number of H-pyrrole nitrogens is 1. The number of hydrogen-bond donors (Lipinski definition) is 2. The maximum Gasteiger partial charge on any atom is 0.261 e. The molecule has 0 bridgehead atoms. The van der Waals surface area contributed by atoms with E-state index in [1.54, 1.807) is 24.4 Å². The highest BCUT2D eigenvalue weighted by Gasteiger charge is 2.18. The molecule has 3 aromatic rings. The van der Waals surface area contributed by atoms with Gasteiger partial charge in [-0.25, -0.2) is 8.42 Å². The Bertz CT molecular complexity index is 976. The molecule has 1 heterocycles. The number of benzene rings is 2. The first-order valence-electron chi connectivity index (χ1n) is 7.70. The lowest BCUT2D eigenvalue weighted by molar-refractivity contribution is 0.600. The molecular formula is C17H17N3O2S. The summed E-state index contributed by atoms with van der Waals surface area (Å²) < 4.78 is 27.9. The lowest BCUT2D eigenvalue weighted by Gasteiger charge is -2.17. The summed E-state index contributed by atoms with van der Waals surface area (Å²) in [6, 6.07) is 10.8. The fourth-order valence-corrected chi connectivity index (χ4v) is 4.19. The Balaban J connectivity index is 1.66. The Morgan fingerprint density at radius 1 is 1.00 bits per heavy atom. The highest BCUT2D eigenvalue weighted by atomic mass is 32.2. The molecule has 5 nitrogen and oxygen atoms in total. The van der Waals surface area contributed by atoms with Crippen LogP contribution in [-0.4, -0.2) is 18.6 Å². The zero-order valence-corrected chi connectivity index (χ0v) is 13.4. The monoisotopic (exact) mass is 327 g/mol. The van der Waals surface area contributed by atoms with Crippen LogP contribution in [0.5, 0.6) is 0 Å². The fraction of sp³-hybridized carbons (Fsp3) is 0.235. The second kappa shape index (κ2) is 5.38. The molecule has 1 aromatic heterocycles. The molecule has 6 heteroatoms. The van der Waals surface area contributed by atoms with Gasteiger partial charge >= 0.3 is 0 Å². The molecule has 0 aliphatic heterocycles. The molecule has 0 atom stereocenters. The summed E-state index contributed by atoms with van der Waals surface area (Å²) in [5, 5.41) is 7.73. The van der Waals surface area contributed by atoms with Gasteiger partial charge in [-0.05, 0) is 67.1 Å². The van der Waals surface area contributed by atoms with E-state index in [9.17, 15) is 8.42 Å². The number of nitrogens with one attached hydrogen (secondary N) is 2. The van der Waals surface area contributed by atoms with Crippen LogP contribution < -0.4 is 4.72 Å². The van der Waals surface area contributed by atoms with Gasteiger partial charge in [0.2, 0.25) is 0 Å². The smallest absolute Gasteiger partial charge is 0.261 e. The molecule has 2 N–H and O–H groups in total. The summed E-state index contributed by atoms with van der Waals surface area (Å²) in [5.41, 5.74) is 3.76. The second-order valence-electron chi connectivity index (χ2n) is 5.92. The van der Waals surface area contributed by atoms with E-state index in [1.807, 2.05) is 18.2 Å². The molecule has 23 heavy (non-hydrogen) atoms. The van der Waals surface area contributed by atoms with Gasteiger partial charge in [0.1, 0.15) is 0 Å². The molecule has 0 amide bonds. The van der Waals surface area contributed by atoms with E-state index < -0.39 is 10.0 Å². The number of aryl methyl sites for hydroxylation is 2. The topological polar surface area (TPSA) is 74.8 Å². The van der Waals surface area contributed by atoms with Gasteiger partial charge < -0.3 is 0 Å². The fourth-order valence-electron chi connectivity index (χ4n) is 3.09. The molecule has 4 rings (SSSR count). The Morgan fingerprint density at radius 2 is 1.83 bits per heavy atom. The predicted octanol–water partition coefficient (Wildman–Crippen LogP) is 3.24. The third-order valence-corrected chi connectivity index (χ3v) is 5.70. The zero-order valence-electron chi connectivity index (χ0n) is 12.5. The Morgan fingerprint density at radius 3 is 2.70 bits per heavy atom. The van der Waals surface area contributed by atoms with Crippen LogP contribution in [0.2, 0.25) is 0 Å². The van der Waals surface area contributed by atoms with Gasteiger partial charge in [-0.3, -0.25) is 9.82 Å². The van der Waals surface area contributed by atoms with Gasteiger partial charge in [0, 0.05) is 5.39 Å². The van der Waals surface area contributed by atoms with Crippen molar-refractivity contribution in [1.29, 1.82) is 0 Å². The van der Waals surface area contributed by atoms with Crippen molar-refractivity contribution in [1.82, 2.24) is 10.2 Å². The average Bonchev–Trinajstić information content (AvgIpc) is 3.01. The van der Waals surface area contributed by atoms with Crippen molar-refractivity contribution in [3.63, 3.8) is 0 Å². The van der Waals surface area contributed by atoms with Crippen LogP contribution >= 0.6 is 0 Å². The van der Waals surface area contributed by atoms with E-state index in [-0.39, 0.29) is 0 Å². The van der Waals surface area contributed by atoms with E-state index in [0.717, 1.165) is 35.7 Å². The van der Waals surface area contributed by atoms with Crippen molar-refractivity contribution >= 4 is 26.6 Å². The van der Waals surface area contributed by atoms with E-state index in [1.165, 1.54) is 12.0 Å². The normalized spacial score (nSPS) is 14.6. The van der Waals surface area contributed by atoms with Gasteiger partial charge in [0.15, 0.2) is 0 Å². The highest BCUT2D eigenvalue weighted by molar-refractivity contribution is 7.92. The number of aromatic amines is 1. The van der Waals surface area contributed by atoms with Gasteiger partial charge in [-0.1, -0.05) is 6.07 Å². The molecule has 0 saturated carbocycles. The minimum absolute atomic E-state index is 0.322. The number of sulfonamides is 1. The predicted molar refractivity (Wildman–Crippen MR) is 90.0 cm³/mol. The molecule has 0 radical (unpaired) electrons. The lowest BCUT2D eigenvalue weighted by Crippen LogP contribution is -2.14. The summed E-state index contributed by atoms with van der Waals surface area (Å²) in [5.74, 6) is 0. The van der Waals surface area contributed by atoms with Crippen LogP contribution in [0.25, 0.3) is 10.9 Å². The van der Waals surface area contributed by atoms with Crippen LogP contribution in [-0.2, 0) is 22.9 Å². The molecule has 0 fully saturated rings. The molecule has 118 valence electrons. The van der Waals surface area contributed by atoms with Crippen LogP contribution in [0.4, 0.5) is 5.69 Å². The Labute approximate surface area is 134 Å². The van der Waals surface area contributed by atoms with Crippen molar-refractivity contribution in [2.45, 2.75) is 30.6 Å². The second-order valence-corrected chi connectivity index (χ2v) is 7.60. The minimum Gasteiger partial charge on any atom is -0.280 e. The first kappa shape index (κ1) is 14.3. The van der Waals surface area contributed by atoms with E-state index in [2.05, 4.69) is 14.9 Å². The molecule has 1 aliphatic carbocycles. The van der Waals surface area contributed by atoms with Crippen molar-refractivity contribution in [3.8, 4) is 0 Å². The molecule has 0 spiro atoms. The van der Waals surface area contributed by atoms with Crippen molar-refractivity contribution < 1.29 is 8.42 Å². The summed E-state index contributed by atoms with van der Waals surface area (Å²) in [6.07, 6.45) is 6.01. The maximum absolute atomic E-state index is 12.6. The zero-order chi connectivity index (χ0) is 15.9. The average molecular weight is 327 g/mol. The minimum atomic E-state index is -3.58. The number of anilines is 1. The molecular weight excluding hydrogens is 310 g/mol. The van der Waals surface area contributed by atoms with Crippen molar-refractivity contribution in [2.24, 2.45) is 0 Å². The number of hydrogen-bond acceptors (Lipinski definition) is 3. The van der Waals surface area contributed by atoms with E-state index in [4.69, 9.17) is 0 Å². The largest absolute Gasteiger partial charge is 0.280 e. The maximum atomic E-state index is 12.6. The van der Waals surface area contributed by atoms with Crippen LogP contribution in [0, 0.1) is 0 Å². The number of nitrogens with zero attached hydrogens (tertiary/aromatic N) is 1. The van der Waals surface area contributed by atoms with Crippen molar-refractivity contribution in [3.05, 3.63) is 53.7 Å². The third-order valence-electron chi connectivity index (χ3n) is 4.32. The molecule has 1 aliphatic rings. The van der Waals surface area contributed by atoms with Gasteiger partial charge in [0.25, 0.3) is 10.0 Å². The molecule has 2 aromatic carbocycles. The lowest BCUT2D eigenvalue weighted by atomic mass is 9.92. The SMILES string of the molecule is O=S(=O)(Nc1ccc2cn[nH]c2c1)c1ccc2c(c1)CCCC2. The number of rotatable bonds is 3. The van der Waals surface area contributed by atoms with Crippen LogP contribution in [0.15, 0.2) is 47.5 Å². The standard InChI is InChI=1S/C17H17N3O2S/c21-23(22,16-8-6-12-3-1-2-4-13(12)9-16)20-15-7-5-14-11-18-19-17(14)10-15/h5-11,20H,1-4H2,(H,18,19). The van der Waals surface area contributed by atoms with Gasteiger partial charge in [-0.2, -0.15) is 5.10 Å². The van der Waals surface area contributed by atoms with Gasteiger partial charge in [0.05, 0.1) is 22.3 Å². The molecule has 0 unspecified atom stereocenters. The summed E-state index contributed by atoms with van der Waals surface area (Å²) in [7, 11) is -3.58.